The standard InChI is InChI=1S/C15H29NO/c1-6-12(2)10-14(17)15(16(4)5)9-7-8-13(3)11-15/h12-13H,6-11H2,1-5H3. The summed E-state index contributed by atoms with van der Waals surface area (Å²) in [6, 6.07) is 0. The molecule has 1 saturated carbocycles. The molecule has 0 aromatic carbocycles. The average Bonchev–Trinajstić information content (AvgIpc) is 2.28. The van der Waals surface area contributed by atoms with E-state index < -0.39 is 0 Å². The first-order chi connectivity index (χ1) is 7.92. The highest BCUT2D eigenvalue weighted by atomic mass is 16.1. The minimum Gasteiger partial charge on any atom is -0.298 e. The van der Waals surface area contributed by atoms with Crippen LogP contribution in [0.25, 0.3) is 0 Å². The largest absolute Gasteiger partial charge is 0.298 e. The number of carbonyl (C=O) groups is 1. The van der Waals surface area contributed by atoms with Crippen molar-refractivity contribution in [1.29, 1.82) is 0 Å². The molecule has 0 heterocycles. The zero-order valence-corrected chi connectivity index (χ0v) is 12.3. The van der Waals surface area contributed by atoms with Crippen LogP contribution in [-0.2, 0) is 4.79 Å². The SMILES string of the molecule is CCC(C)CC(=O)C1(N(C)C)CCCC(C)C1. The van der Waals surface area contributed by atoms with Gasteiger partial charge in [0, 0.05) is 6.42 Å². The Morgan fingerprint density at radius 1 is 1.47 bits per heavy atom. The van der Waals surface area contributed by atoms with Crippen molar-refractivity contribution in [2.45, 2.75) is 64.8 Å². The molecule has 0 aliphatic heterocycles. The normalized spacial score (nSPS) is 31.5. The lowest BCUT2D eigenvalue weighted by atomic mass is 9.71. The molecule has 0 aromatic rings. The maximum atomic E-state index is 12.6. The van der Waals surface area contributed by atoms with Gasteiger partial charge in [0.2, 0.25) is 0 Å². The van der Waals surface area contributed by atoms with Crippen molar-refractivity contribution in [3.05, 3.63) is 0 Å². The molecule has 2 nitrogen and oxygen atoms in total. The van der Waals surface area contributed by atoms with Gasteiger partial charge in [0.1, 0.15) is 0 Å². The number of nitrogens with zero attached hydrogens (tertiary/aromatic N) is 1. The lowest BCUT2D eigenvalue weighted by molar-refractivity contribution is -0.133. The molecule has 100 valence electrons. The Balaban J connectivity index is 2.80. The van der Waals surface area contributed by atoms with Gasteiger partial charge in [-0.3, -0.25) is 9.69 Å². The van der Waals surface area contributed by atoms with Crippen molar-refractivity contribution in [2.75, 3.05) is 14.1 Å². The summed E-state index contributed by atoms with van der Waals surface area (Å²) in [6.07, 6.45) is 6.44. The third-order valence-electron chi connectivity index (χ3n) is 4.58. The van der Waals surface area contributed by atoms with Crippen LogP contribution in [0, 0.1) is 11.8 Å². The summed E-state index contributed by atoms with van der Waals surface area (Å²) < 4.78 is 0. The second-order valence-corrected chi connectivity index (χ2v) is 6.27. The first-order valence-electron chi connectivity index (χ1n) is 7.13. The summed E-state index contributed by atoms with van der Waals surface area (Å²) >= 11 is 0. The number of rotatable bonds is 5. The van der Waals surface area contributed by atoms with Crippen molar-refractivity contribution in [2.24, 2.45) is 11.8 Å². The Hall–Kier alpha value is -0.370. The fraction of sp³-hybridized carbons (Fsp3) is 0.933. The lowest BCUT2D eigenvalue weighted by Crippen LogP contribution is -2.54. The van der Waals surface area contributed by atoms with Crippen LogP contribution < -0.4 is 0 Å². The van der Waals surface area contributed by atoms with Gasteiger partial charge in [-0.05, 0) is 38.8 Å². The molecule has 0 aromatic heterocycles. The summed E-state index contributed by atoms with van der Waals surface area (Å²) in [5.41, 5.74) is -0.166. The van der Waals surface area contributed by atoms with Crippen molar-refractivity contribution in [1.82, 2.24) is 4.90 Å². The van der Waals surface area contributed by atoms with Gasteiger partial charge in [-0.1, -0.05) is 40.0 Å². The molecule has 1 fully saturated rings. The van der Waals surface area contributed by atoms with Gasteiger partial charge in [-0.2, -0.15) is 0 Å². The first kappa shape index (κ1) is 14.7. The molecule has 3 unspecified atom stereocenters. The van der Waals surface area contributed by atoms with Crippen molar-refractivity contribution < 1.29 is 4.79 Å². The summed E-state index contributed by atoms with van der Waals surface area (Å²) in [5.74, 6) is 1.69. The van der Waals surface area contributed by atoms with E-state index in [1.165, 1.54) is 12.8 Å². The minimum absolute atomic E-state index is 0.166. The predicted octanol–water partition coefficient (Wildman–Crippen LogP) is 3.50. The minimum atomic E-state index is -0.166. The number of hydrogen-bond donors (Lipinski definition) is 0. The van der Waals surface area contributed by atoms with Crippen LogP contribution in [0.5, 0.6) is 0 Å². The molecule has 1 aliphatic carbocycles. The molecule has 1 rings (SSSR count). The van der Waals surface area contributed by atoms with Crippen LogP contribution in [0.4, 0.5) is 0 Å². The second kappa shape index (κ2) is 5.99. The van der Waals surface area contributed by atoms with Crippen LogP contribution in [0.1, 0.15) is 59.3 Å². The number of Topliss-reactive ketones (excluding diaryl/α,β-unsaturated/α-hetero) is 1. The van der Waals surface area contributed by atoms with Crippen LogP contribution in [0.2, 0.25) is 0 Å². The highest BCUT2D eigenvalue weighted by Crippen LogP contribution is 2.37. The van der Waals surface area contributed by atoms with Crippen LogP contribution in [0.3, 0.4) is 0 Å². The molecule has 1 aliphatic rings. The van der Waals surface area contributed by atoms with Gasteiger partial charge < -0.3 is 0 Å². The monoisotopic (exact) mass is 239 g/mol. The van der Waals surface area contributed by atoms with E-state index in [2.05, 4.69) is 39.8 Å². The van der Waals surface area contributed by atoms with E-state index in [1.807, 2.05) is 0 Å². The summed E-state index contributed by atoms with van der Waals surface area (Å²) in [5, 5.41) is 0. The smallest absolute Gasteiger partial charge is 0.153 e. The molecule has 3 atom stereocenters. The molecule has 0 radical (unpaired) electrons. The van der Waals surface area contributed by atoms with Crippen molar-refractivity contribution >= 4 is 5.78 Å². The van der Waals surface area contributed by atoms with E-state index in [-0.39, 0.29) is 5.54 Å². The zero-order valence-electron chi connectivity index (χ0n) is 12.3. The summed E-state index contributed by atoms with van der Waals surface area (Å²) in [4.78, 5) is 14.8. The van der Waals surface area contributed by atoms with E-state index in [0.717, 1.165) is 25.7 Å². The van der Waals surface area contributed by atoms with Gasteiger partial charge in [-0.25, -0.2) is 0 Å². The summed E-state index contributed by atoms with van der Waals surface area (Å²) in [7, 11) is 4.15. The molecule has 17 heavy (non-hydrogen) atoms. The first-order valence-corrected chi connectivity index (χ1v) is 7.13. The van der Waals surface area contributed by atoms with Gasteiger partial charge in [-0.15, -0.1) is 0 Å². The number of carbonyl (C=O) groups excluding carboxylic acids is 1. The predicted molar refractivity (Wildman–Crippen MR) is 73.1 cm³/mol. The molecular formula is C15H29NO. The Labute approximate surface area is 107 Å². The number of hydrogen-bond acceptors (Lipinski definition) is 2. The Kier molecular flexibility index (Phi) is 5.18. The number of likely N-dealkylation sites (N-methyl/N-ethyl adjacent to an activating group) is 1. The van der Waals surface area contributed by atoms with E-state index >= 15 is 0 Å². The van der Waals surface area contributed by atoms with Gasteiger partial charge in [0.05, 0.1) is 5.54 Å². The maximum absolute atomic E-state index is 12.6. The van der Waals surface area contributed by atoms with E-state index in [4.69, 9.17) is 0 Å². The third-order valence-corrected chi connectivity index (χ3v) is 4.58. The number of ketones is 1. The quantitative estimate of drug-likeness (QED) is 0.732. The molecule has 0 bridgehead atoms. The van der Waals surface area contributed by atoms with Crippen molar-refractivity contribution in [3.8, 4) is 0 Å². The van der Waals surface area contributed by atoms with E-state index in [1.54, 1.807) is 0 Å². The van der Waals surface area contributed by atoms with Crippen LogP contribution in [-0.4, -0.2) is 30.3 Å². The average molecular weight is 239 g/mol. The van der Waals surface area contributed by atoms with Crippen LogP contribution in [0.15, 0.2) is 0 Å². The molecule has 0 saturated heterocycles. The molecular weight excluding hydrogens is 210 g/mol. The highest BCUT2D eigenvalue weighted by molar-refractivity contribution is 5.88. The second-order valence-electron chi connectivity index (χ2n) is 6.27. The fourth-order valence-electron chi connectivity index (χ4n) is 3.08. The van der Waals surface area contributed by atoms with Crippen molar-refractivity contribution in [3.63, 3.8) is 0 Å². The van der Waals surface area contributed by atoms with Gasteiger partial charge >= 0.3 is 0 Å². The highest BCUT2D eigenvalue weighted by Gasteiger charge is 2.43. The molecule has 2 heteroatoms. The summed E-state index contributed by atoms with van der Waals surface area (Å²) in [6.45, 7) is 6.64. The maximum Gasteiger partial charge on any atom is 0.153 e. The Bertz CT molecular complexity index is 262. The molecule has 0 N–H and O–H groups in total. The topological polar surface area (TPSA) is 20.3 Å². The van der Waals surface area contributed by atoms with E-state index in [0.29, 0.717) is 17.6 Å². The van der Waals surface area contributed by atoms with Gasteiger partial charge in [0.15, 0.2) is 5.78 Å². The Morgan fingerprint density at radius 3 is 2.59 bits per heavy atom. The lowest BCUT2D eigenvalue weighted by Gasteiger charge is -2.44. The van der Waals surface area contributed by atoms with E-state index in [9.17, 15) is 4.79 Å². The Morgan fingerprint density at radius 2 is 2.12 bits per heavy atom. The van der Waals surface area contributed by atoms with Crippen LogP contribution >= 0.6 is 0 Å². The fourth-order valence-corrected chi connectivity index (χ4v) is 3.08. The van der Waals surface area contributed by atoms with Gasteiger partial charge in [0.25, 0.3) is 0 Å². The molecule has 0 spiro atoms. The third kappa shape index (κ3) is 3.31. The zero-order chi connectivity index (χ0) is 13.1. The molecule has 0 amide bonds.